The number of rotatable bonds is 0. The standard InChI is InChI=1S/C17H21NO2/c1-10-4-5-12-15-11(10)9-13-17(19)6-2-3-14(20-12)16(15,17)7-8-18-13/h4-5,13-14,18-19H,2-3,6-9H2,1H3/t13-,14+,16-,17-/m1/s1. The van der Waals surface area contributed by atoms with Crippen molar-refractivity contribution in [2.75, 3.05) is 6.54 Å². The second-order valence-electron chi connectivity index (χ2n) is 7.09. The highest BCUT2D eigenvalue weighted by atomic mass is 16.5. The highest BCUT2D eigenvalue weighted by Gasteiger charge is 2.69. The minimum absolute atomic E-state index is 0.143. The van der Waals surface area contributed by atoms with Crippen molar-refractivity contribution in [1.82, 2.24) is 5.32 Å². The summed E-state index contributed by atoms with van der Waals surface area (Å²) in [5.41, 5.74) is 3.40. The molecule has 3 heteroatoms. The molecule has 1 aromatic carbocycles. The molecule has 5 rings (SSSR count). The summed E-state index contributed by atoms with van der Waals surface area (Å²) in [7, 11) is 0. The van der Waals surface area contributed by atoms with Gasteiger partial charge >= 0.3 is 0 Å². The molecule has 4 aliphatic rings. The molecule has 1 saturated heterocycles. The van der Waals surface area contributed by atoms with Crippen LogP contribution in [0.2, 0.25) is 0 Å². The fraction of sp³-hybridized carbons (Fsp3) is 0.647. The zero-order valence-corrected chi connectivity index (χ0v) is 11.9. The Morgan fingerprint density at radius 2 is 2.25 bits per heavy atom. The van der Waals surface area contributed by atoms with Gasteiger partial charge in [-0.05, 0) is 62.8 Å². The Morgan fingerprint density at radius 1 is 1.35 bits per heavy atom. The van der Waals surface area contributed by atoms with Gasteiger partial charge in [0.25, 0.3) is 0 Å². The number of nitrogens with one attached hydrogen (secondary N) is 1. The minimum atomic E-state index is -0.611. The van der Waals surface area contributed by atoms with Gasteiger partial charge < -0.3 is 15.2 Å². The first-order valence-corrected chi connectivity index (χ1v) is 7.92. The van der Waals surface area contributed by atoms with Crippen LogP contribution in [0.1, 0.15) is 42.4 Å². The summed E-state index contributed by atoms with van der Waals surface area (Å²) in [5.74, 6) is 1.05. The monoisotopic (exact) mass is 271 g/mol. The molecular formula is C17H21NO2. The third-order valence-corrected chi connectivity index (χ3v) is 6.47. The lowest BCUT2D eigenvalue weighted by atomic mass is 9.49. The number of hydrogen-bond acceptors (Lipinski definition) is 3. The van der Waals surface area contributed by atoms with E-state index in [1.165, 1.54) is 16.7 Å². The molecule has 2 aliphatic carbocycles. The Morgan fingerprint density at radius 3 is 3.15 bits per heavy atom. The molecule has 2 bridgehead atoms. The number of piperidine rings is 1. The van der Waals surface area contributed by atoms with E-state index in [9.17, 15) is 5.11 Å². The molecule has 1 saturated carbocycles. The molecule has 1 aromatic rings. The smallest absolute Gasteiger partial charge is 0.124 e. The van der Waals surface area contributed by atoms with Crippen LogP contribution in [-0.2, 0) is 11.8 Å². The first-order valence-electron chi connectivity index (χ1n) is 7.92. The Hall–Kier alpha value is -1.06. The number of hydrogen-bond donors (Lipinski definition) is 2. The summed E-state index contributed by atoms with van der Waals surface area (Å²) < 4.78 is 6.31. The summed E-state index contributed by atoms with van der Waals surface area (Å²) >= 11 is 0. The second-order valence-corrected chi connectivity index (χ2v) is 7.09. The fourth-order valence-corrected chi connectivity index (χ4v) is 5.62. The Kier molecular flexibility index (Phi) is 1.97. The summed E-state index contributed by atoms with van der Waals surface area (Å²) in [6, 6.07) is 4.51. The topological polar surface area (TPSA) is 41.5 Å². The molecule has 3 nitrogen and oxygen atoms in total. The van der Waals surface area contributed by atoms with Gasteiger partial charge in [-0.3, -0.25) is 0 Å². The average molecular weight is 271 g/mol. The van der Waals surface area contributed by atoms with Crippen LogP contribution in [0.3, 0.4) is 0 Å². The van der Waals surface area contributed by atoms with Crippen LogP contribution in [0.4, 0.5) is 0 Å². The van der Waals surface area contributed by atoms with Gasteiger partial charge in [0.05, 0.1) is 11.0 Å². The predicted octanol–water partition coefficient (Wildman–Crippen LogP) is 1.83. The van der Waals surface area contributed by atoms with Crippen molar-refractivity contribution in [1.29, 1.82) is 0 Å². The van der Waals surface area contributed by atoms with E-state index in [4.69, 9.17) is 4.74 Å². The highest BCUT2D eigenvalue weighted by Crippen LogP contribution is 2.62. The second kappa shape index (κ2) is 3.40. The van der Waals surface area contributed by atoms with Gasteiger partial charge in [0.1, 0.15) is 11.9 Å². The maximum absolute atomic E-state index is 11.6. The first-order chi connectivity index (χ1) is 9.67. The van der Waals surface area contributed by atoms with E-state index >= 15 is 0 Å². The molecule has 0 amide bonds. The fourth-order valence-electron chi connectivity index (χ4n) is 5.62. The molecular weight excluding hydrogens is 250 g/mol. The SMILES string of the molecule is Cc1ccc2c3c1C[C@H]1NCC[C@@]34[C@H](CCC[C@@]14O)O2. The van der Waals surface area contributed by atoms with E-state index in [2.05, 4.69) is 24.4 Å². The average Bonchev–Trinajstić information content (AvgIpc) is 2.73. The van der Waals surface area contributed by atoms with Crippen LogP contribution in [0.15, 0.2) is 12.1 Å². The van der Waals surface area contributed by atoms with E-state index in [0.29, 0.717) is 0 Å². The van der Waals surface area contributed by atoms with Crippen molar-refractivity contribution in [3.05, 3.63) is 28.8 Å². The molecule has 0 unspecified atom stereocenters. The summed E-state index contributed by atoms with van der Waals surface area (Å²) in [5, 5.41) is 15.2. The molecule has 0 radical (unpaired) electrons. The van der Waals surface area contributed by atoms with Crippen LogP contribution in [0.5, 0.6) is 5.75 Å². The Balaban J connectivity index is 1.88. The lowest BCUT2D eigenvalue weighted by Gasteiger charge is -2.60. The van der Waals surface area contributed by atoms with Crippen molar-refractivity contribution < 1.29 is 9.84 Å². The largest absolute Gasteiger partial charge is 0.489 e. The van der Waals surface area contributed by atoms with E-state index < -0.39 is 5.60 Å². The van der Waals surface area contributed by atoms with Gasteiger partial charge in [-0.25, -0.2) is 0 Å². The highest BCUT2D eigenvalue weighted by molar-refractivity contribution is 5.59. The molecule has 2 N–H and O–H groups in total. The van der Waals surface area contributed by atoms with Crippen LogP contribution < -0.4 is 10.1 Å². The molecule has 4 atom stereocenters. The third kappa shape index (κ3) is 1.02. The van der Waals surface area contributed by atoms with Crippen molar-refractivity contribution in [3.63, 3.8) is 0 Å². The van der Waals surface area contributed by atoms with Gasteiger partial charge in [-0.2, -0.15) is 0 Å². The Bertz CT molecular complexity index is 613. The van der Waals surface area contributed by atoms with E-state index in [1.54, 1.807) is 0 Å². The molecule has 1 spiro atoms. The summed E-state index contributed by atoms with van der Waals surface area (Å²) in [4.78, 5) is 0. The number of benzene rings is 1. The molecule has 2 heterocycles. The van der Waals surface area contributed by atoms with E-state index in [-0.39, 0.29) is 17.6 Å². The molecule has 2 fully saturated rings. The number of aliphatic hydroxyl groups is 1. The first kappa shape index (κ1) is 11.6. The van der Waals surface area contributed by atoms with E-state index in [0.717, 1.165) is 44.4 Å². The molecule has 106 valence electrons. The van der Waals surface area contributed by atoms with Crippen LogP contribution in [0.25, 0.3) is 0 Å². The van der Waals surface area contributed by atoms with Crippen LogP contribution >= 0.6 is 0 Å². The van der Waals surface area contributed by atoms with Crippen LogP contribution in [0, 0.1) is 6.92 Å². The van der Waals surface area contributed by atoms with Gasteiger partial charge in [-0.1, -0.05) is 6.07 Å². The minimum Gasteiger partial charge on any atom is -0.489 e. The van der Waals surface area contributed by atoms with Gasteiger partial charge in [-0.15, -0.1) is 0 Å². The maximum atomic E-state index is 11.6. The van der Waals surface area contributed by atoms with Gasteiger partial charge in [0.15, 0.2) is 0 Å². The Labute approximate surface area is 119 Å². The molecule has 0 aromatic heterocycles. The van der Waals surface area contributed by atoms with Crippen molar-refractivity contribution >= 4 is 0 Å². The van der Waals surface area contributed by atoms with Gasteiger partial charge in [0.2, 0.25) is 0 Å². The summed E-state index contributed by atoms with van der Waals surface area (Å²) in [6.45, 7) is 3.20. The summed E-state index contributed by atoms with van der Waals surface area (Å²) in [6.07, 6.45) is 5.21. The van der Waals surface area contributed by atoms with Crippen molar-refractivity contribution in [3.8, 4) is 5.75 Å². The predicted molar refractivity (Wildman–Crippen MR) is 76.2 cm³/mol. The molecule has 2 aliphatic heterocycles. The van der Waals surface area contributed by atoms with Crippen molar-refractivity contribution in [2.24, 2.45) is 0 Å². The van der Waals surface area contributed by atoms with Gasteiger partial charge in [0, 0.05) is 11.6 Å². The number of ether oxygens (including phenoxy) is 1. The van der Waals surface area contributed by atoms with Crippen LogP contribution in [-0.4, -0.2) is 29.4 Å². The zero-order valence-electron chi connectivity index (χ0n) is 11.9. The lowest BCUT2D eigenvalue weighted by Crippen LogP contribution is -2.74. The lowest BCUT2D eigenvalue weighted by molar-refractivity contribution is -0.149. The third-order valence-electron chi connectivity index (χ3n) is 6.47. The maximum Gasteiger partial charge on any atom is 0.124 e. The quantitative estimate of drug-likeness (QED) is 0.756. The van der Waals surface area contributed by atoms with E-state index in [1.807, 2.05) is 0 Å². The number of aryl methyl sites for hydroxylation is 1. The van der Waals surface area contributed by atoms with Crippen molar-refractivity contribution in [2.45, 2.75) is 62.2 Å². The zero-order chi connectivity index (χ0) is 13.5. The molecule has 20 heavy (non-hydrogen) atoms. The normalized spacial score (nSPS) is 43.9.